The predicted octanol–water partition coefficient (Wildman–Crippen LogP) is 4.78. The first kappa shape index (κ1) is 20.0. The van der Waals surface area contributed by atoms with Crippen LogP contribution in [-0.4, -0.2) is 23.7 Å². The van der Waals surface area contributed by atoms with Gasteiger partial charge < -0.3 is 10.1 Å². The van der Waals surface area contributed by atoms with Gasteiger partial charge in [-0.05, 0) is 43.0 Å². The summed E-state index contributed by atoms with van der Waals surface area (Å²) in [5.41, 5.74) is 2.85. The van der Waals surface area contributed by atoms with Crippen molar-refractivity contribution in [2.24, 2.45) is 0 Å². The van der Waals surface area contributed by atoms with Crippen LogP contribution in [0.4, 0.5) is 5.69 Å². The molecule has 0 unspecified atom stereocenters. The van der Waals surface area contributed by atoms with Crippen LogP contribution in [-0.2, 0) is 14.3 Å². The van der Waals surface area contributed by atoms with Gasteiger partial charge in [-0.2, -0.15) is 0 Å². The third-order valence-electron chi connectivity index (χ3n) is 3.95. The molecule has 0 heterocycles. The van der Waals surface area contributed by atoms with Crippen molar-refractivity contribution < 1.29 is 14.3 Å². The van der Waals surface area contributed by atoms with Crippen LogP contribution in [0, 0.1) is 6.92 Å². The first-order chi connectivity index (χ1) is 12.4. The van der Waals surface area contributed by atoms with E-state index in [1.54, 1.807) is 6.92 Å². The number of ether oxygens (including phenoxy) is 1. The molecule has 2 aromatic carbocycles. The second-order valence-corrected chi connectivity index (χ2v) is 7.47. The fourth-order valence-corrected chi connectivity index (χ4v) is 3.21. The first-order valence-electron chi connectivity index (χ1n) is 8.66. The topological polar surface area (TPSA) is 55.4 Å². The average molecular weight is 372 g/mol. The number of amides is 1. The van der Waals surface area contributed by atoms with E-state index in [1.165, 1.54) is 11.8 Å². The van der Waals surface area contributed by atoms with Crippen molar-refractivity contribution in [2.45, 2.75) is 44.6 Å². The number of hydrogen-bond donors (Lipinski definition) is 1. The normalized spacial score (nSPS) is 11.9. The highest BCUT2D eigenvalue weighted by molar-refractivity contribution is 8.00. The molecule has 1 N–H and O–H groups in total. The molecule has 138 valence electrons. The monoisotopic (exact) mass is 371 g/mol. The lowest BCUT2D eigenvalue weighted by Gasteiger charge is -2.19. The second-order valence-electron chi connectivity index (χ2n) is 6.42. The molecule has 0 bridgehead atoms. The lowest BCUT2D eigenvalue weighted by atomic mass is 9.98. The standard InChI is InChI=1S/C21H25NO3S/c1-14(2)18-12-8-9-15(3)20(18)22-21(24)16(4)25-19(23)13-26-17-10-6-5-7-11-17/h5-12,14,16H,13H2,1-4H3,(H,22,24)/t16-/m1/s1. The van der Waals surface area contributed by atoms with Gasteiger partial charge in [0, 0.05) is 10.6 Å². The zero-order valence-corrected chi connectivity index (χ0v) is 16.4. The number of esters is 1. The first-order valence-corrected chi connectivity index (χ1v) is 9.64. The van der Waals surface area contributed by atoms with E-state index < -0.39 is 12.1 Å². The minimum Gasteiger partial charge on any atom is -0.452 e. The number of nitrogens with one attached hydrogen (secondary N) is 1. The zero-order valence-electron chi connectivity index (χ0n) is 15.6. The maximum atomic E-state index is 12.5. The summed E-state index contributed by atoms with van der Waals surface area (Å²) >= 11 is 1.39. The Balaban J connectivity index is 1.92. The molecule has 0 saturated carbocycles. The molecular weight excluding hydrogens is 346 g/mol. The Labute approximate surface area is 159 Å². The van der Waals surface area contributed by atoms with Gasteiger partial charge in [-0.25, -0.2) is 0 Å². The Morgan fingerprint density at radius 2 is 1.73 bits per heavy atom. The molecule has 0 saturated heterocycles. The summed E-state index contributed by atoms with van der Waals surface area (Å²) in [7, 11) is 0. The summed E-state index contributed by atoms with van der Waals surface area (Å²) in [5, 5.41) is 2.92. The highest BCUT2D eigenvalue weighted by atomic mass is 32.2. The van der Waals surface area contributed by atoms with Crippen LogP contribution in [0.2, 0.25) is 0 Å². The largest absolute Gasteiger partial charge is 0.452 e. The van der Waals surface area contributed by atoms with Gasteiger partial charge in [-0.15, -0.1) is 11.8 Å². The maximum absolute atomic E-state index is 12.5. The molecular formula is C21H25NO3S. The number of rotatable bonds is 7. The summed E-state index contributed by atoms with van der Waals surface area (Å²) in [6.07, 6.45) is -0.849. The van der Waals surface area contributed by atoms with Crippen molar-refractivity contribution in [1.29, 1.82) is 0 Å². The minimum absolute atomic E-state index is 0.170. The van der Waals surface area contributed by atoms with Gasteiger partial charge in [-0.1, -0.05) is 50.2 Å². The van der Waals surface area contributed by atoms with Crippen LogP contribution >= 0.6 is 11.8 Å². The molecule has 0 aliphatic carbocycles. The fourth-order valence-electron chi connectivity index (χ4n) is 2.51. The SMILES string of the molecule is Cc1cccc(C(C)C)c1NC(=O)[C@@H](C)OC(=O)CSc1ccccc1. The predicted molar refractivity (Wildman–Crippen MR) is 107 cm³/mol. The summed E-state index contributed by atoms with van der Waals surface area (Å²) in [6.45, 7) is 7.70. The number of thioether (sulfide) groups is 1. The third kappa shape index (κ3) is 5.63. The Morgan fingerprint density at radius 1 is 1.04 bits per heavy atom. The van der Waals surface area contributed by atoms with Crippen molar-refractivity contribution in [3.8, 4) is 0 Å². The number of anilines is 1. The van der Waals surface area contributed by atoms with Crippen LogP contribution in [0.5, 0.6) is 0 Å². The van der Waals surface area contributed by atoms with Crippen LogP contribution in [0.15, 0.2) is 53.4 Å². The van der Waals surface area contributed by atoms with Crippen molar-refractivity contribution in [3.05, 3.63) is 59.7 Å². The quantitative estimate of drug-likeness (QED) is 0.562. The molecule has 1 atom stereocenters. The summed E-state index contributed by atoms with van der Waals surface area (Å²) < 4.78 is 5.27. The van der Waals surface area contributed by atoms with Gasteiger partial charge in [0.15, 0.2) is 6.10 Å². The molecule has 0 aliphatic rings. The molecule has 2 aromatic rings. The lowest BCUT2D eigenvalue weighted by Crippen LogP contribution is -2.31. The van der Waals surface area contributed by atoms with E-state index in [0.29, 0.717) is 0 Å². The number of benzene rings is 2. The van der Waals surface area contributed by atoms with E-state index in [-0.39, 0.29) is 17.6 Å². The number of aryl methyl sites for hydroxylation is 1. The van der Waals surface area contributed by atoms with Gasteiger partial charge in [-0.3, -0.25) is 9.59 Å². The fraction of sp³-hybridized carbons (Fsp3) is 0.333. The van der Waals surface area contributed by atoms with Gasteiger partial charge in [0.2, 0.25) is 0 Å². The molecule has 5 heteroatoms. The number of carbonyl (C=O) groups excluding carboxylic acids is 2. The van der Waals surface area contributed by atoms with Crippen molar-refractivity contribution in [3.63, 3.8) is 0 Å². The van der Waals surface area contributed by atoms with Crippen molar-refractivity contribution in [1.82, 2.24) is 0 Å². The van der Waals surface area contributed by atoms with E-state index >= 15 is 0 Å². The molecule has 2 rings (SSSR count). The van der Waals surface area contributed by atoms with E-state index in [2.05, 4.69) is 19.2 Å². The van der Waals surface area contributed by atoms with Crippen LogP contribution < -0.4 is 5.32 Å². The molecule has 0 fully saturated rings. The highest BCUT2D eigenvalue weighted by Crippen LogP contribution is 2.27. The third-order valence-corrected chi connectivity index (χ3v) is 4.94. The van der Waals surface area contributed by atoms with E-state index in [1.807, 2.05) is 55.5 Å². The molecule has 26 heavy (non-hydrogen) atoms. The zero-order chi connectivity index (χ0) is 19.1. The maximum Gasteiger partial charge on any atom is 0.317 e. The molecule has 1 amide bonds. The lowest BCUT2D eigenvalue weighted by molar-refractivity contribution is -0.150. The second kappa shape index (κ2) is 9.43. The van der Waals surface area contributed by atoms with Gasteiger partial charge in [0.25, 0.3) is 5.91 Å². The molecule has 0 aromatic heterocycles. The summed E-state index contributed by atoms with van der Waals surface area (Å²) in [6, 6.07) is 15.5. The number of hydrogen-bond acceptors (Lipinski definition) is 4. The number of para-hydroxylation sites is 1. The Hall–Kier alpha value is -2.27. The summed E-state index contributed by atoms with van der Waals surface area (Å²) in [4.78, 5) is 25.4. The van der Waals surface area contributed by atoms with Crippen LogP contribution in [0.3, 0.4) is 0 Å². The van der Waals surface area contributed by atoms with Crippen LogP contribution in [0.25, 0.3) is 0 Å². The van der Waals surface area contributed by atoms with Gasteiger partial charge in [0.1, 0.15) is 0 Å². The average Bonchev–Trinajstić information content (AvgIpc) is 2.62. The minimum atomic E-state index is -0.849. The Bertz CT molecular complexity index is 759. The van der Waals surface area contributed by atoms with Gasteiger partial charge >= 0.3 is 5.97 Å². The molecule has 0 radical (unpaired) electrons. The van der Waals surface area contributed by atoms with Crippen molar-refractivity contribution in [2.75, 3.05) is 11.1 Å². The van der Waals surface area contributed by atoms with E-state index in [0.717, 1.165) is 21.7 Å². The molecule has 4 nitrogen and oxygen atoms in total. The molecule has 0 spiro atoms. The van der Waals surface area contributed by atoms with Crippen LogP contribution in [0.1, 0.15) is 37.8 Å². The number of carbonyl (C=O) groups is 2. The Morgan fingerprint density at radius 3 is 2.38 bits per heavy atom. The smallest absolute Gasteiger partial charge is 0.317 e. The highest BCUT2D eigenvalue weighted by Gasteiger charge is 2.20. The molecule has 0 aliphatic heterocycles. The van der Waals surface area contributed by atoms with E-state index in [9.17, 15) is 9.59 Å². The van der Waals surface area contributed by atoms with Gasteiger partial charge in [0.05, 0.1) is 5.75 Å². The Kier molecular flexibility index (Phi) is 7.27. The van der Waals surface area contributed by atoms with E-state index in [4.69, 9.17) is 4.74 Å². The summed E-state index contributed by atoms with van der Waals surface area (Å²) in [5.74, 6) is -0.275. The van der Waals surface area contributed by atoms with Crippen molar-refractivity contribution >= 4 is 29.3 Å².